The molecule has 9 heteroatoms. The molecular formula is C19H15Cl2N3O4. The molecule has 3 aromatic rings. The Balaban J connectivity index is 1.59. The van der Waals surface area contributed by atoms with Gasteiger partial charge in [0.05, 0.1) is 40.3 Å². The third-order valence-electron chi connectivity index (χ3n) is 4.81. The lowest BCUT2D eigenvalue weighted by Crippen LogP contribution is -2.52. The van der Waals surface area contributed by atoms with Gasteiger partial charge < -0.3 is 14.6 Å². The first-order valence-corrected chi connectivity index (χ1v) is 9.21. The summed E-state index contributed by atoms with van der Waals surface area (Å²) in [7, 11) is 1.30. The average Bonchev–Trinajstić information content (AvgIpc) is 2.95. The topological polar surface area (TPSA) is 84.4 Å². The van der Waals surface area contributed by atoms with E-state index in [1.807, 2.05) is 0 Å². The molecule has 0 radical (unpaired) electrons. The number of benzene rings is 2. The lowest BCUT2D eigenvalue weighted by Gasteiger charge is -2.39. The Morgan fingerprint density at radius 2 is 1.89 bits per heavy atom. The molecule has 7 nitrogen and oxygen atoms in total. The molecule has 0 spiro atoms. The van der Waals surface area contributed by atoms with Crippen molar-refractivity contribution >= 4 is 46.1 Å². The summed E-state index contributed by atoms with van der Waals surface area (Å²) in [6.07, 6.45) is 0. The Labute approximate surface area is 169 Å². The van der Waals surface area contributed by atoms with Gasteiger partial charge in [0.2, 0.25) is 0 Å². The molecule has 0 bridgehead atoms. The van der Waals surface area contributed by atoms with Crippen LogP contribution in [0.5, 0.6) is 0 Å². The number of aromatic amines is 1. The summed E-state index contributed by atoms with van der Waals surface area (Å²) < 4.78 is 6.30. The fourth-order valence-electron chi connectivity index (χ4n) is 3.35. The molecule has 1 aromatic heterocycles. The van der Waals surface area contributed by atoms with Crippen LogP contribution in [0.25, 0.3) is 11.0 Å². The second-order valence-electron chi connectivity index (χ2n) is 6.51. The number of aromatic nitrogens is 2. The number of H-pyrrole nitrogens is 1. The van der Waals surface area contributed by atoms with Crippen LogP contribution in [-0.4, -0.2) is 46.5 Å². The molecule has 28 heavy (non-hydrogen) atoms. The standard InChI is InChI=1S/C19H15Cl2N3O4/c1-28-18(26)10-2-5-15-16(6-10)24(19(27)22-15)12-8-23(9-12)17(25)13-4-3-11(20)7-14(13)21/h2-7,12H,8-9H2,1H3,(H,22,27). The lowest BCUT2D eigenvalue weighted by atomic mass is 10.1. The number of hydrogen-bond donors (Lipinski definition) is 1. The zero-order valence-electron chi connectivity index (χ0n) is 14.7. The van der Waals surface area contributed by atoms with Crippen molar-refractivity contribution in [3.63, 3.8) is 0 Å². The first kappa shape index (κ1) is 18.6. The van der Waals surface area contributed by atoms with Gasteiger partial charge in [-0.15, -0.1) is 0 Å². The van der Waals surface area contributed by atoms with E-state index in [9.17, 15) is 14.4 Å². The van der Waals surface area contributed by atoms with E-state index < -0.39 is 5.97 Å². The Hall–Kier alpha value is -2.77. The van der Waals surface area contributed by atoms with Crippen LogP contribution in [0.3, 0.4) is 0 Å². The Kier molecular flexibility index (Phi) is 4.64. The molecule has 1 fully saturated rings. The van der Waals surface area contributed by atoms with Crippen molar-refractivity contribution < 1.29 is 14.3 Å². The van der Waals surface area contributed by atoms with Gasteiger partial charge in [0.1, 0.15) is 0 Å². The van der Waals surface area contributed by atoms with E-state index >= 15 is 0 Å². The number of amides is 1. The van der Waals surface area contributed by atoms with Crippen LogP contribution >= 0.6 is 23.2 Å². The first-order valence-electron chi connectivity index (χ1n) is 8.46. The Morgan fingerprint density at radius 1 is 1.14 bits per heavy atom. The summed E-state index contributed by atoms with van der Waals surface area (Å²) in [5, 5.41) is 0.739. The largest absolute Gasteiger partial charge is 0.465 e. The number of imidazole rings is 1. The highest BCUT2D eigenvalue weighted by Crippen LogP contribution is 2.29. The van der Waals surface area contributed by atoms with Crippen molar-refractivity contribution in [2.24, 2.45) is 0 Å². The van der Waals surface area contributed by atoms with Crippen molar-refractivity contribution in [3.8, 4) is 0 Å². The summed E-state index contributed by atoms with van der Waals surface area (Å²) in [5.74, 6) is -0.703. The molecule has 2 heterocycles. The number of carbonyl (C=O) groups is 2. The Morgan fingerprint density at radius 3 is 2.57 bits per heavy atom. The van der Waals surface area contributed by atoms with E-state index in [1.165, 1.54) is 13.2 Å². The molecule has 2 aromatic carbocycles. The minimum atomic E-state index is -0.482. The monoisotopic (exact) mass is 419 g/mol. The molecule has 0 aliphatic carbocycles. The lowest BCUT2D eigenvalue weighted by molar-refractivity contribution is 0.0522. The minimum Gasteiger partial charge on any atom is -0.465 e. The summed E-state index contributed by atoms with van der Waals surface area (Å²) >= 11 is 12.0. The van der Waals surface area contributed by atoms with E-state index in [0.29, 0.717) is 40.3 Å². The van der Waals surface area contributed by atoms with Crippen LogP contribution in [0.15, 0.2) is 41.2 Å². The second-order valence-corrected chi connectivity index (χ2v) is 7.36. The average molecular weight is 420 g/mol. The highest BCUT2D eigenvalue weighted by Gasteiger charge is 2.35. The molecule has 0 saturated carbocycles. The molecule has 0 atom stereocenters. The number of esters is 1. The van der Waals surface area contributed by atoms with Crippen LogP contribution < -0.4 is 5.69 Å². The molecule has 4 rings (SSSR count). The van der Waals surface area contributed by atoms with Crippen LogP contribution in [0.2, 0.25) is 10.0 Å². The number of likely N-dealkylation sites (tertiary alicyclic amines) is 1. The quantitative estimate of drug-likeness (QED) is 0.660. The summed E-state index contributed by atoms with van der Waals surface area (Å²) in [6, 6.07) is 9.37. The molecule has 1 N–H and O–H groups in total. The zero-order chi connectivity index (χ0) is 20.0. The predicted octanol–water partition coefficient (Wildman–Crippen LogP) is 3.12. The highest BCUT2D eigenvalue weighted by molar-refractivity contribution is 6.36. The summed E-state index contributed by atoms with van der Waals surface area (Å²) in [5.41, 5.74) is 1.63. The van der Waals surface area contributed by atoms with E-state index in [1.54, 1.807) is 39.8 Å². The van der Waals surface area contributed by atoms with Gasteiger partial charge in [-0.3, -0.25) is 9.36 Å². The van der Waals surface area contributed by atoms with Gasteiger partial charge in [-0.05, 0) is 36.4 Å². The Bertz CT molecular complexity index is 1160. The number of carbonyl (C=O) groups excluding carboxylic acids is 2. The number of rotatable bonds is 3. The fraction of sp³-hybridized carbons (Fsp3) is 0.211. The number of ether oxygens (including phenoxy) is 1. The van der Waals surface area contributed by atoms with Gasteiger partial charge in [-0.25, -0.2) is 9.59 Å². The zero-order valence-corrected chi connectivity index (χ0v) is 16.3. The number of fused-ring (bicyclic) bond motifs is 1. The number of hydrogen-bond acceptors (Lipinski definition) is 4. The van der Waals surface area contributed by atoms with Crippen molar-refractivity contribution in [3.05, 3.63) is 68.1 Å². The highest BCUT2D eigenvalue weighted by atomic mass is 35.5. The van der Waals surface area contributed by atoms with Crippen LogP contribution in [0, 0.1) is 0 Å². The molecule has 1 aliphatic rings. The maximum Gasteiger partial charge on any atom is 0.337 e. The van der Waals surface area contributed by atoms with Gasteiger partial charge in [0, 0.05) is 18.1 Å². The molecule has 1 amide bonds. The van der Waals surface area contributed by atoms with Crippen LogP contribution in [-0.2, 0) is 4.74 Å². The van der Waals surface area contributed by atoms with E-state index in [4.69, 9.17) is 27.9 Å². The molecular weight excluding hydrogens is 405 g/mol. The van der Waals surface area contributed by atoms with Gasteiger partial charge in [0.25, 0.3) is 5.91 Å². The first-order chi connectivity index (χ1) is 13.4. The predicted molar refractivity (Wildman–Crippen MR) is 105 cm³/mol. The minimum absolute atomic E-state index is 0.204. The summed E-state index contributed by atoms with van der Waals surface area (Å²) in [4.78, 5) is 41.2. The molecule has 144 valence electrons. The number of methoxy groups -OCH3 is 1. The maximum atomic E-state index is 12.6. The van der Waals surface area contributed by atoms with Gasteiger partial charge in [-0.2, -0.15) is 0 Å². The fourth-order valence-corrected chi connectivity index (χ4v) is 3.84. The molecule has 0 unspecified atom stereocenters. The van der Waals surface area contributed by atoms with Crippen LogP contribution in [0.1, 0.15) is 26.8 Å². The van der Waals surface area contributed by atoms with E-state index in [-0.39, 0.29) is 22.7 Å². The van der Waals surface area contributed by atoms with Crippen molar-refractivity contribution in [1.29, 1.82) is 0 Å². The van der Waals surface area contributed by atoms with Crippen LogP contribution in [0.4, 0.5) is 0 Å². The van der Waals surface area contributed by atoms with Crippen molar-refractivity contribution in [1.82, 2.24) is 14.5 Å². The third kappa shape index (κ3) is 3.06. The van der Waals surface area contributed by atoms with Crippen molar-refractivity contribution in [2.75, 3.05) is 20.2 Å². The van der Waals surface area contributed by atoms with E-state index in [2.05, 4.69) is 4.98 Å². The maximum absolute atomic E-state index is 12.6. The molecule has 1 aliphatic heterocycles. The third-order valence-corrected chi connectivity index (χ3v) is 5.36. The number of nitrogens with zero attached hydrogens (tertiary/aromatic N) is 2. The summed E-state index contributed by atoms with van der Waals surface area (Å²) in [6.45, 7) is 0.709. The van der Waals surface area contributed by atoms with Gasteiger partial charge >= 0.3 is 11.7 Å². The number of nitrogens with one attached hydrogen (secondary N) is 1. The van der Waals surface area contributed by atoms with E-state index in [0.717, 1.165) is 0 Å². The second kappa shape index (κ2) is 7.00. The number of halogens is 2. The SMILES string of the molecule is COC(=O)c1ccc2[nH]c(=O)n(C3CN(C(=O)c4ccc(Cl)cc4Cl)C3)c2c1. The van der Waals surface area contributed by atoms with Gasteiger partial charge in [-0.1, -0.05) is 23.2 Å². The smallest absolute Gasteiger partial charge is 0.337 e. The van der Waals surface area contributed by atoms with Gasteiger partial charge in [0.15, 0.2) is 0 Å². The van der Waals surface area contributed by atoms with Crippen molar-refractivity contribution in [2.45, 2.75) is 6.04 Å². The molecule has 1 saturated heterocycles. The normalized spacial score (nSPS) is 14.2.